The van der Waals surface area contributed by atoms with Crippen molar-refractivity contribution in [3.8, 4) is 0 Å². The monoisotopic (exact) mass is 247 g/mol. The van der Waals surface area contributed by atoms with Gasteiger partial charge < -0.3 is 10.8 Å². The molecule has 4 heteroatoms. The zero-order chi connectivity index (χ0) is 11.6. The number of aliphatic hydroxyl groups is 1. The molecular weight excluding hydrogens is 229 g/mol. The molecule has 1 aromatic rings. The average molecular weight is 248 g/mol. The summed E-state index contributed by atoms with van der Waals surface area (Å²) in [5.74, 6) is -0.229. The van der Waals surface area contributed by atoms with Crippen molar-refractivity contribution in [2.24, 2.45) is 11.1 Å². The number of benzene rings is 1. The van der Waals surface area contributed by atoms with Crippen LogP contribution in [0.4, 0.5) is 4.39 Å². The smallest absolute Gasteiger partial charge is 0.126 e. The molecule has 0 bridgehead atoms. The molecule has 0 saturated heterocycles. The molecule has 1 rings (SSSR count). The Morgan fingerprint density at radius 2 is 2.00 bits per heavy atom. The molecular formula is C12H19ClFNO. The maximum atomic E-state index is 13.1. The number of nitrogens with two attached hydrogens (primary N) is 1. The summed E-state index contributed by atoms with van der Waals surface area (Å²) < 4.78 is 13.1. The van der Waals surface area contributed by atoms with Gasteiger partial charge in [-0.15, -0.1) is 12.4 Å². The van der Waals surface area contributed by atoms with Crippen molar-refractivity contribution in [3.63, 3.8) is 0 Å². The van der Waals surface area contributed by atoms with E-state index in [1.807, 2.05) is 13.8 Å². The zero-order valence-electron chi connectivity index (χ0n) is 9.83. The SMILES string of the molecule is Cc1cc([C@@H](N)C(C)(C)CO)ccc1F.Cl. The molecule has 16 heavy (non-hydrogen) atoms. The van der Waals surface area contributed by atoms with Gasteiger partial charge in [0, 0.05) is 18.1 Å². The Morgan fingerprint density at radius 1 is 1.44 bits per heavy atom. The lowest BCUT2D eigenvalue weighted by molar-refractivity contribution is 0.132. The van der Waals surface area contributed by atoms with Crippen LogP contribution in [-0.2, 0) is 0 Å². The fourth-order valence-electron chi connectivity index (χ4n) is 1.41. The third-order valence-electron chi connectivity index (χ3n) is 2.79. The molecule has 0 aliphatic rings. The van der Waals surface area contributed by atoms with Crippen molar-refractivity contribution in [1.29, 1.82) is 0 Å². The average Bonchev–Trinajstić information content (AvgIpc) is 2.21. The molecule has 0 unspecified atom stereocenters. The van der Waals surface area contributed by atoms with Gasteiger partial charge in [0.25, 0.3) is 0 Å². The number of aliphatic hydroxyl groups excluding tert-OH is 1. The van der Waals surface area contributed by atoms with Gasteiger partial charge in [-0.3, -0.25) is 0 Å². The van der Waals surface area contributed by atoms with Crippen LogP contribution in [0.5, 0.6) is 0 Å². The summed E-state index contributed by atoms with van der Waals surface area (Å²) in [6, 6.07) is 4.53. The van der Waals surface area contributed by atoms with Crippen LogP contribution < -0.4 is 5.73 Å². The summed E-state index contributed by atoms with van der Waals surface area (Å²) >= 11 is 0. The minimum Gasteiger partial charge on any atom is -0.396 e. The zero-order valence-corrected chi connectivity index (χ0v) is 10.6. The van der Waals surface area contributed by atoms with Gasteiger partial charge in [0.05, 0.1) is 0 Å². The summed E-state index contributed by atoms with van der Waals surface area (Å²) in [7, 11) is 0. The van der Waals surface area contributed by atoms with Crippen LogP contribution in [0.15, 0.2) is 18.2 Å². The summed E-state index contributed by atoms with van der Waals surface area (Å²) in [5.41, 5.74) is 7.06. The Bertz CT molecular complexity index is 355. The second-order valence-electron chi connectivity index (χ2n) is 4.63. The summed E-state index contributed by atoms with van der Waals surface area (Å²) in [6.07, 6.45) is 0. The molecule has 0 spiro atoms. The minimum absolute atomic E-state index is 0. The highest BCUT2D eigenvalue weighted by atomic mass is 35.5. The second kappa shape index (κ2) is 5.62. The Hall–Kier alpha value is -0.640. The Kier molecular flexibility index (Phi) is 5.39. The highest BCUT2D eigenvalue weighted by Crippen LogP contribution is 2.31. The lowest BCUT2D eigenvalue weighted by Crippen LogP contribution is -2.32. The molecule has 0 aliphatic carbocycles. The first kappa shape index (κ1) is 15.4. The van der Waals surface area contributed by atoms with E-state index in [2.05, 4.69) is 0 Å². The summed E-state index contributed by atoms with van der Waals surface area (Å²) in [5, 5.41) is 9.20. The standard InChI is InChI=1S/C12H18FNO.ClH/c1-8-6-9(4-5-10(8)13)11(14)12(2,3)7-15;/h4-6,11,15H,7,14H2,1-3H3;1H/t11-;/m1./s1. The fraction of sp³-hybridized carbons (Fsp3) is 0.500. The highest BCUT2D eigenvalue weighted by Gasteiger charge is 2.27. The molecule has 2 nitrogen and oxygen atoms in total. The van der Waals surface area contributed by atoms with E-state index in [1.165, 1.54) is 6.07 Å². The number of halogens is 2. The fourth-order valence-corrected chi connectivity index (χ4v) is 1.41. The van der Waals surface area contributed by atoms with Crippen LogP contribution in [-0.4, -0.2) is 11.7 Å². The number of rotatable bonds is 3. The van der Waals surface area contributed by atoms with Crippen LogP contribution in [0.3, 0.4) is 0 Å². The van der Waals surface area contributed by atoms with E-state index in [-0.39, 0.29) is 30.9 Å². The predicted octanol–water partition coefficient (Wildman–Crippen LogP) is 2.57. The maximum Gasteiger partial charge on any atom is 0.126 e. The van der Waals surface area contributed by atoms with Crippen molar-refractivity contribution >= 4 is 12.4 Å². The normalized spacial score (nSPS) is 13.1. The van der Waals surface area contributed by atoms with Crippen molar-refractivity contribution in [3.05, 3.63) is 35.1 Å². The number of aryl methyl sites for hydroxylation is 1. The van der Waals surface area contributed by atoms with Gasteiger partial charge in [-0.2, -0.15) is 0 Å². The largest absolute Gasteiger partial charge is 0.396 e. The topological polar surface area (TPSA) is 46.2 Å². The molecule has 1 aromatic carbocycles. The Labute approximate surface area is 102 Å². The minimum atomic E-state index is -0.399. The van der Waals surface area contributed by atoms with E-state index in [0.717, 1.165) is 5.56 Å². The molecule has 0 aliphatic heterocycles. The van der Waals surface area contributed by atoms with E-state index in [0.29, 0.717) is 5.56 Å². The Morgan fingerprint density at radius 3 is 2.44 bits per heavy atom. The molecule has 1 atom stereocenters. The quantitative estimate of drug-likeness (QED) is 0.863. The molecule has 0 aromatic heterocycles. The van der Waals surface area contributed by atoms with Gasteiger partial charge in [0.2, 0.25) is 0 Å². The summed E-state index contributed by atoms with van der Waals surface area (Å²) in [6.45, 7) is 5.48. The maximum absolute atomic E-state index is 13.1. The lowest BCUT2D eigenvalue weighted by Gasteiger charge is -2.29. The Balaban J connectivity index is 0.00000225. The third-order valence-corrected chi connectivity index (χ3v) is 2.79. The van der Waals surface area contributed by atoms with Gasteiger partial charge in [-0.25, -0.2) is 4.39 Å². The van der Waals surface area contributed by atoms with Gasteiger partial charge in [-0.05, 0) is 24.1 Å². The first-order valence-electron chi connectivity index (χ1n) is 5.01. The first-order chi connectivity index (χ1) is 6.88. The summed E-state index contributed by atoms with van der Waals surface area (Å²) in [4.78, 5) is 0. The van der Waals surface area contributed by atoms with E-state index in [9.17, 15) is 9.50 Å². The van der Waals surface area contributed by atoms with Gasteiger partial charge >= 0.3 is 0 Å². The predicted molar refractivity (Wildman–Crippen MR) is 66.2 cm³/mol. The lowest BCUT2D eigenvalue weighted by atomic mass is 9.81. The molecule has 0 radical (unpaired) electrons. The van der Waals surface area contributed by atoms with Gasteiger partial charge in [0.1, 0.15) is 5.82 Å². The van der Waals surface area contributed by atoms with E-state index in [4.69, 9.17) is 5.73 Å². The molecule has 0 fully saturated rings. The second-order valence-corrected chi connectivity index (χ2v) is 4.63. The molecule has 3 N–H and O–H groups in total. The van der Waals surface area contributed by atoms with Crippen molar-refractivity contribution in [2.45, 2.75) is 26.8 Å². The van der Waals surface area contributed by atoms with Crippen LogP contribution in [0.1, 0.15) is 31.0 Å². The van der Waals surface area contributed by atoms with E-state index < -0.39 is 5.41 Å². The highest BCUT2D eigenvalue weighted by molar-refractivity contribution is 5.85. The molecule has 0 heterocycles. The van der Waals surface area contributed by atoms with Crippen LogP contribution in [0, 0.1) is 18.2 Å². The number of hydrogen-bond acceptors (Lipinski definition) is 2. The molecule has 92 valence electrons. The van der Waals surface area contributed by atoms with Crippen LogP contribution >= 0.6 is 12.4 Å². The van der Waals surface area contributed by atoms with Crippen LogP contribution in [0.25, 0.3) is 0 Å². The third kappa shape index (κ3) is 3.17. The number of hydrogen-bond donors (Lipinski definition) is 2. The van der Waals surface area contributed by atoms with Gasteiger partial charge in [0.15, 0.2) is 0 Å². The van der Waals surface area contributed by atoms with Gasteiger partial charge in [-0.1, -0.05) is 26.0 Å². The first-order valence-corrected chi connectivity index (χ1v) is 5.01. The van der Waals surface area contributed by atoms with Crippen molar-refractivity contribution < 1.29 is 9.50 Å². The van der Waals surface area contributed by atoms with E-state index >= 15 is 0 Å². The molecule has 0 saturated carbocycles. The van der Waals surface area contributed by atoms with Crippen molar-refractivity contribution in [2.75, 3.05) is 6.61 Å². The van der Waals surface area contributed by atoms with Crippen LogP contribution in [0.2, 0.25) is 0 Å². The van der Waals surface area contributed by atoms with E-state index in [1.54, 1.807) is 19.1 Å². The van der Waals surface area contributed by atoms with Crippen molar-refractivity contribution in [1.82, 2.24) is 0 Å². The molecule has 0 amide bonds.